The first-order chi connectivity index (χ1) is 22.6. The summed E-state index contributed by atoms with van der Waals surface area (Å²) in [6.07, 6.45) is 1.85. The Bertz CT molecular complexity index is 2050. The number of halogens is 3. The average molecular weight is 670 g/mol. The third kappa shape index (κ3) is 4.04. The van der Waals surface area contributed by atoms with Crippen molar-refractivity contribution in [2.24, 2.45) is 17.8 Å². The molecule has 2 saturated heterocycles. The molecule has 0 aromatic heterocycles. The quantitative estimate of drug-likeness (QED) is 0.153. The lowest BCUT2D eigenvalue weighted by Gasteiger charge is -2.51. The van der Waals surface area contributed by atoms with Crippen molar-refractivity contribution in [3.05, 3.63) is 120 Å². The highest BCUT2D eigenvalue weighted by Crippen LogP contribution is 2.67. The number of phenolic OH excluding ortho intramolecular Hbond substituents is 1. The molecular weight excluding hydrogens is 642 g/mol. The van der Waals surface area contributed by atoms with Crippen molar-refractivity contribution in [1.82, 2.24) is 4.90 Å². The molecule has 2 heterocycles. The number of benzene rings is 4. The Labute approximate surface area is 279 Å². The zero-order valence-electron chi connectivity index (χ0n) is 24.8. The van der Waals surface area contributed by atoms with Gasteiger partial charge in [-0.25, -0.2) is 9.29 Å². The molecule has 0 unspecified atom stereocenters. The van der Waals surface area contributed by atoms with Crippen LogP contribution in [0.4, 0.5) is 10.1 Å². The van der Waals surface area contributed by atoms with Gasteiger partial charge in [-0.3, -0.25) is 24.1 Å². The van der Waals surface area contributed by atoms with Gasteiger partial charge in [0, 0.05) is 11.5 Å². The van der Waals surface area contributed by atoms with Crippen LogP contribution in [0, 0.1) is 23.6 Å². The molecule has 4 aromatic rings. The summed E-state index contributed by atoms with van der Waals surface area (Å²) in [5.74, 6) is -6.47. The van der Waals surface area contributed by atoms with Gasteiger partial charge < -0.3 is 5.11 Å². The molecule has 4 aromatic carbocycles. The van der Waals surface area contributed by atoms with E-state index in [0.29, 0.717) is 16.5 Å². The summed E-state index contributed by atoms with van der Waals surface area (Å²) in [6.45, 7) is 0.0995. The van der Waals surface area contributed by atoms with Crippen LogP contribution >= 0.6 is 23.2 Å². The van der Waals surface area contributed by atoms with Gasteiger partial charge in [0.1, 0.15) is 11.6 Å². The molecule has 47 heavy (non-hydrogen) atoms. The summed E-state index contributed by atoms with van der Waals surface area (Å²) < 4.78 is 13.9. The summed E-state index contributed by atoms with van der Waals surface area (Å²) in [7, 11) is 0. The molecule has 2 aliphatic carbocycles. The predicted octanol–water partition coefficient (Wildman–Crippen LogP) is 6.45. The zero-order valence-corrected chi connectivity index (χ0v) is 26.3. The van der Waals surface area contributed by atoms with Crippen LogP contribution in [0.15, 0.2) is 103 Å². The van der Waals surface area contributed by atoms with Gasteiger partial charge in [0.05, 0.1) is 24.1 Å². The maximum Gasteiger partial charge on any atom is 0.258 e. The van der Waals surface area contributed by atoms with Crippen molar-refractivity contribution < 1.29 is 28.7 Å². The van der Waals surface area contributed by atoms with Crippen molar-refractivity contribution >= 4 is 63.3 Å². The van der Waals surface area contributed by atoms with Crippen LogP contribution in [0.2, 0.25) is 0 Å². The third-order valence-electron chi connectivity index (χ3n) is 10.4. The molecule has 4 amide bonds. The number of aromatic hydroxyl groups is 1. The minimum absolute atomic E-state index is 0.0905. The zero-order chi connectivity index (χ0) is 32.8. The number of phenols is 1. The van der Waals surface area contributed by atoms with E-state index in [1.165, 1.54) is 23.1 Å². The fraction of sp³-hybridized carbons (Fsp3) is 0.243. The average Bonchev–Trinajstić information content (AvgIpc) is 3.40. The van der Waals surface area contributed by atoms with Gasteiger partial charge in [0.15, 0.2) is 9.75 Å². The second-order valence-electron chi connectivity index (χ2n) is 12.7. The predicted molar refractivity (Wildman–Crippen MR) is 174 cm³/mol. The number of amides is 4. The Balaban J connectivity index is 1.32. The van der Waals surface area contributed by atoms with Crippen molar-refractivity contribution in [2.45, 2.75) is 35.1 Å². The highest BCUT2D eigenvalue weighted by Gasteiger charge is 2.77. The van der Waals surface area contributed by atoms with Gasteiger partial charge in [0.2, 0.25) is 11.8 Å². The first-order valence-corrected chi connectivity index (χ1v) is 16.1. The summed E-state index contributed by atoms with van der Waals surface area (Å²) in [5.41, 5.74) is 1.77. The first kappa shape index (κ1) is 29.8. The van der Waals surface area contributed by atoms with Crippen LogP contribution < -0.4 is 4.90 Å². The minimum atomic E-state index is -2.15. The molecule has 1 saturated carbocycles. The molecule has 4 aliphatic rings. The van der Waals surface area contributed by atoms with E-state index in [2.05, 4.69) is 0 Å². The van der Waals surface area contributed by atoms with Gasteiger partial charge in [-0.05, 0) is 65.4 Å². The van der Waals surface area contributed by atoms with Crippen LogP contribution in [0.3, 0.4) is 0 Å². The van der Waals surface area contributed by atoms with Gasteiger partial charge >= 0.3 is 0 Å². The number of hydrogen-bond donors (Lipinski definition) is 1. The van der Waals surface area contributed by atoms with E-state index in [-0.39, 0.29) is 42.6 Å². The number of rotatable bonds is 4. The lowest BCUT2D eigenvalue weighted by Crippen LogP contribution is -2.60. The number of fused-ring (bicyclic) bond motifs is 5. The van der Waals surface area contributed by atoms with Gasteiger partial charge in [0.25, 0.3) is 11.8 Å². The second-order valence-corrected chi connectivity index (χ2v) is 14.0. The van der Waals surface area contributed by atoms with E-state index >= 15 is 0 Å². The Morgan fingerprint density at radius 2 is 1.51 bits per heavy atom. The Morgan fingerprint density at radius 1 is 0.809 bits per heavy atom. The third-order valence-corrected chi connectivity index (χ3v) is 11.8. The maximum absolute atomic E-state index is 14.6. The standard InChI is InChI=1S/C37H27Cl2FN2O5/c38-36-18-27-25(15-16-26-29(27)33(45)41(32(26)44)19-20-6-2-1-3-7-20)31(30-24-9-5-4-8-21(24)10-17-28(30)43)37(36,39)35(47)42(34(36)46)23-13-11-22(40)12-14-23/h1-15,17,26-27,29,31,43H,16,18-19H2/t26-,27+,29-,31+,36+,37-/m0/s1. The topological polar surface area (TPSA) is 95.0 Å². The van der Waals surface area contributed by atoms with Crippen LogP contribution in [-0.4, -0.2) is 43.4 Å². The number of hydrogen-bond acceptors (Lipinski definition) is 5. The molecule has 8 rings (SSSR count). The van der Waals surface area contributed by atoms with Crippen LogP contribution in [0.25, 0.3) is 10.8 Å². The van der Waals surface area contributed by atoms with E-state index in [9.17, 15) is 28.7 Å². The first-order valence-electron chi connectivity index (χ1n) is 15.4. The Kier molecular flexibility index (Phi) is 6.66. The number of imide groups is 2. The summed E-state index contributed by atoms with van der Waals surface area (Å²) in [6, 6.07) is 24.6. The summed E-state index contributed by atoms with van der Waals surface area (Å²) in [4.78, 5) is 55.0. The van der Waals surface area contributed by atoms with Crippen molar-refractivity contribution in [3.63, 3.8) is 0 Å². The van der Waals surface area contributed by atoms with E-state index in [1.54, 1.807) is 18.2 Å². The molecule has 236 valence electrons. The Morgan fingerprint density at radius 3 is 2.26 bits per heavy atom. The highest BCUT2D eigenvalue weighted by atomic mass is 35.5. The smallest absolute Gasteiger partial charge is 0.258 e. The molecule has 0 bridgehead atoms. The normalized spacial score (nSPS) is 30.0. The fourth-order valence-electron chi connectivity index (χ4n) is 8.29. The number of nitrogens with zero attached hydrogens (tertiary/aromatic N) is 2. The monoisotopic (exact) mass is 668 g/mol. The molecule has 0 spiro atoms. The minimum Gasteiger partial charge on any atom is -0.508 e. The fourth-order valence-corrected chi connectivity index (χ4v) is 9.21. The van der Waals surface area contributed by atoms with Gasteiger partial charge in [-0.15, -0.1) is 23.2 Å². The summed E-state index contributed by atoms with van der Waals surface area (Å²) in [5, 5.41) is 12.9. The largest absolute Gasteiger partial charge is 0.508 e. The number of allylic oxidation sites excluding steroid dienone is 2. The summed E-state index contributed by atoms with van der Waals surface area (Å²) >= 11 is 14.9. The van der Waals surface area contributed by atoms with Gasteiger partial charge in [-0.1, -0.05) is 72.3 Å². The molecule has 1 N–H and O–H groups in total. The van der Waals surface area contributed by atoms with E-state index in [4.69, 9.17) is 23.2 Å². The molecule has 3 fully saturated rings. The molecule has 7 nitrogen and oxygen atoms in total. The van der Waals surface area contributed by atoms with E-state index in [0.717, 1.165) is 28.0 Å². The molecule has 10 heteroatoms. The molecule has 0 radical (unpaired) electrons. The lowest BCUT2D eigenvalue weighted by molar-refractivity contribution is -0.141. The maximum atomic E-state index is 14.6. The van der Waals surface area contributed by atoms with Crippen LogP contribution in [-0.2, 0) is 25.7 Å². The van der Waals surface area contributed by atoms with E-state index in [1.807, 2.05) is 48.5 Å². The SMILES string of the molecule is O=C1[C@H]2[C@H](CC=C3[C@H]2C[C@@]2(Cl)C(=O)N(c4ccc(F)cc4)C(=O)[C@@]2(Cl)[C@H]3c2c(O)ccc3ccccc23)C(=O)N1Cc1ccccc1. The van der Waals surface area contributed by atoms with E-state index < -0.39 is 51.1 Å². The van der Waals surface area contributed by atoms with Crippen molar-refractivity contribution in [3.8, 4) is 5.75 Å². The van der Waals surface area contributed by atoms with Crippen LogP contribution in [0.1, 0.15) is 29.9 Å². The number of carbonyl (C=O) groups excluding carboxylic acids is 4. The lowest BCUT2D eigenvalue weighted by atomic mass is 9.56. The molecular formula is C37H27Cl2FN2O5. The van der Waals surface area contributed by atoms with Crippen molar-refractivity contribution in [2.75, 3.05) is 4.90 Å². The molecule has 2 aliphatic heterocycles. The second kappa shape index (κ2) is 10.5. The van der Waals surface area contributed by atoms with Gasteiger partial charge in [-0.2, -0.15) is 0 Å². The molecule has 6 atom stereocenters. The number of anilines is 1. The van der Waals surface area contributed by atoms with Crippen LogP contribution in [0.5, 0.6) is 5.75 Å². The number of carbonyl (C=O) groups is 4. The Hall–Kier alpha value is -4.53. The highest BCUT2D eigenvalue weighted by molar-refractivity contribution is 6.58. The van der Waals surface area contributed by atoms with Crippen molar-refractivity contribution in [1.29, 1.82) is 0 Å². The number of alkyl halides is 2. The number of likely N-dealkylation sites (tertiary alicyclic amines) is 1.